The third kappa shape index (κ3) is 5.13. The zero-order valence-electron chi connectivity index (χ0n) is 20.3. The van der Waals surface area contributed by atoms with E-state index in [9.17, 15) is 9.59 Å². The number of carbonyl (C=O) groups excluding carboxylic acids is 2. The number of aryl methyl sites for hydroxylation is 1. The molecule has 0 atom stereocenters. The van der Waals surface area contributed by atoms with Crippen molar-refractivity contribution in [2.45, 2.75) is 13.8 Å². The number of nitrogens with one attached hydrogen (secondary N) is 3. The number of nitrogens with two attached hydrogens (primary N) is 1. The van der Waals surface area contributed by atoms with Crippen molar-refractivity contribution in [2.75, 3.05) is 21.7 Å². The van der Waals surface area contributed by atoms with E-state index in [1.807, 2.05) is 79.7 Å². The highest BCUT2D eigenvalue weighted by Crippen LogP contribution is 2.39. The zero-order chi connectivity index (χ0) is 25.9. The molecule has 0 aliphatic carbocycles. The van der Waals surface area contributed by atoms with Crippen LogP contribution in [0.15, 0.2) is 89.7 Å². The quantitative estimate of drug-likeness (QED) is 0.219. The summed E-state index contributed by atoms with van der Waals surface area (Å²) in [5.41, 5.74) is 13.4. The molecule has 3 amide bonds. The Morgan fingerprint density at radius 2 is 1.43 bits per heavy atom. The summed E-state index contributed by atoms with van der Waals surface area (Å²) in [5, 5.41) is 9.14. The Morgan fingerprint density at radius 3 is 2.08 bits per heavy atom. The molecule has 0 bridgehead atoms. The number of benzene rings is 3. The number of hydrogen-bond donors (Lipinski definition) is 4. The molecule has 3 aromatic carbocycles. The summed E-state index contributed by atoms with van der Waals surface area (Å²) >= 11 is 0. The van der Waals surface area contributed by atoms with E-state index >= 15 is 0 Å². The van der Waals surface area contributed by atoms with Crippen molar-refractivity contribution in [3.05, 3.63) is 90.8 Å². The molecular weight excluding hydrogens is 466 g/mol. The van der Waals surface area contributed by atoms with E-state index in [1.165, 1.54) is 6.92 Å². The first kappa shape index (κ1) is 23.6. The second-order valence-corrected chi connectivity index (χ2v) is 8.70. The van der Waals surface area contributed by atoms with Crippen LogP contribution in [0.1, 0.15) is 12.5 Å². The van der Waals surface area contributed by atoms with Gasteiger partial charge >= 0.3 is 6.03 Å². The van der Waals surface area contributed by atoms with Crippen LogP contribution in [0.4, 0.5) is 27.7 Å². The van der Waals surface area contributed by atoms with E-state index in [0.29, 0.717) is 28.2 Å². The summed E-state index contributed by atoms with van der Waals surface area (Å²) in [5.74, 6) is 0.227. The minimum Gasteiger partial charge on any atom is -0.463 e. The maximum absolute atomic E-state index is 12.4. The standard InChI is InChI=1S/C29H25N5O3/c1-17-4-3-5-23(14-17)34-29(36)33-22-12-8-20(9-13-22)25-16-37-27-24(15-31-28(30)26(25)27)19-6-10-21(11-7-19)32-18(2)35/h3-16H,1-2H3,(H2,30,31)(H,32,35)(H2,33,34,36). The van der Waals surface area contributed by atoms with E-state index in [0.717, 1.165) is 33.5 Å². The lowest BCUT2D eigenvalue weighted by atomic mass is 10.0. The van der Waals surface area contributed by atoms with Crippen molar-refractivity contribution in [3.8, 4) is 22.3 Å². The number of carbonyl (C=O) groups is 2. The molecule has 0 aliphatic rings. The van der Waals surface area contributed by atoms with Gasteiger partial charge in [-0.1, -0.05) is 36.4 Å². The van der Waals surface area contributed by atoms with Gasteiger partial charge in [-0.05, 0) is 60.0 Å². The summed E-state index contributed by atoms with van der Waals surface area (Å²) in [6.45, 7) is 3.44. The Balaban J connectivity index is 1.38. The Bertz CT molecular complexity index is 1610. The first-order valence-electron chi connectivity index (χ1n) is 11.7. The molecule has 0 unspecified atom stereocenters. The fourth-order valence-corrected chi connectivity index (χ4v) is 4.17. The molecule has 0 saturated heterocycles. The van der Waals surface area contributed by atoms with Crippen LogP contribution in [-0.4, -0.2) is 16.9 Å². The van der Waals surface area contributed by atoms with E-state index in [1.54, 1.807) is 12.5 Å². The summed E-state index contributed by atoms with van der Waals surface area (Å²) in [4.78, 5) is 28.1. The van der Waals surface area contributed by atoms with Crippen molar-refractivity contribution in [2.24, 2.45) is 0 Å². The van der Waals surface area contributed by atoms with E-state index in [2.05, 4.69) is 20.9 Å². The Morgan fingerprint density at radius 1 is 0.811 bits per heavy atom. The first-order chi connectivity index (χ1) is 17.9. The van der Waals surface area contributed by atoms with Crippen LogP contribution < -0.4 is 21.7 Å². The Kier molecular flexibility index (Phi) is 6.30. The zero-order valence-corrected chi connectivity index (χ0v) is 20.3. The third-order valence-corrected chi connectivity index (χ3v) is 5.87. The summed E-state index contributed by atoms with van der Waals surface area (Å²) in [6.07, 6.45) is 3.34. The van der Waals surface area contributed by atoms with Gasteiger partial charge in [0.05, 0.1) is 11.6 Å². The van der Waals surface area contributed by atoms with Crippen LogP contribution in [0.3, 0.4) is 0 Å². The minimum absolute atomic E-state index is 0.131. The highest BCUT2D eigenvalue weighted by atomic mass is 16.3. The maximum Gasteiger partial charge on any atom is 0.323 e. The van der Waals surface area contributed by atoms with Gasteiger partial charge < -0.3 is 26.1 Å². The average Bonchev–Trinajstić information content (AvgIpc) is 3.31. The van der Waals surface area contributed by atoms with Crippen molar-refractivity contribution < 1.29 is 14.0 Å². The summed E-state index contributed by atoms with van der Waals surface area (Å²) < 4.78 is 5.97. The minimum atomic E-state index is -0.324. The van der Waals surface area contributed by atoms with Gasteiger partial charge in [0, 0.05) is 41.3 Å². The summed E-state index contributed by atoms with van der Waals surface area (Å²) in [6, 6.07) is 22.1. The summed E-state index contributed by atoms with van der Waals surface area (Å²) in [7, 11) is 0. The molecule has 0 saturated carbocycles. The van der Waals surface area contributed by atoms with Gasteiger partial charge in [-0.25, -0.2) is 9.78 Å². The van der Waals surface area contributed by atoms with Gasteiger partial charge in [0.25, 0.3) is 0 Å². The lowest BCUT2D eigenvalue weighted by Gasteiger charge is -2.09. The van der Waals surface area contributed by atoms with E-state index in [-0.39, 0.29) is 11.9 Å². The number of pyridine rings is 1. The number of fused-ring (bicyclic) bond motifs is 1. The number of aromatic nitrogens is 1. The van der Waals surface area contributed by atoms with Crippen LogP contribution >= 0.6 is 0 Å². The van der Waals surface area contributed by atoms with Gasteiger partial charge in [0.1, 0.15) is 11.4 Å². The van der Waals surface area contributed by atoms with Crippen LogP contribution in [0.25, 0.3) is 33.2 Å². The van der Waals surface area contributed by atoms with Crippen molar-refractivity contribution in [3.63, 3.8) is 0 Å². The number of amides is 3. The normalized spacial score (nSPS) is 10.8. The second kappa shape index (κ2) is 9.87. The third-order valence-electron chi connectivity index (χ3n) is 5.87. The Hall–Kier alpha value is -5.11. The number of hydrogen-bond acceptors (Lipinski definition) is 5. The number of nitrogen functional groups attached to an aromatic ring is 1. The molecule has 0 spiro atoms. The smallest absolute Gasteiger partial charge is 0.323 e. The molecule has 8 nitrogen and oxygen atoms in total. The molecule has 184 valence electrons. The van der Waals surface area contributed by atoms with Gasteiger partial charge in [0.2, 0.25) is 5.91 Å². The molecule has 2 heterocycles. The van der Waals surface area contributed by atoms with Crippen LogP contribution in [-0.2, 0) is 4.79 Å². The lowest BCUT2D eigenvalue weighted by molar-refractivity contribution is -0.114. The van der Waals surface area contributed by atoms with Gasteiger partial charge in [-0.2, -0.15) is 0 Å². The fourth-order valence-electron chi connectivity index (χ4n) is 4.17. The van der Waals surface area contributed by atoms with Crippen molar-refractivity contribution in [1.29, 1.82) is 0 Å². The molecule has 5 aromatic rings. The second-order valence-electron chi connectivity index (χ2n) is 8.70. The predicted molar refractivity (Wildman–Crippen MR) is 147 cm³/mol. The SMILES string of the molecule is CC(=O)Nc1ccc(-c2cnc(N)c3c(-c4ccc(NC(=O)Nc5cccc(C)c5)cc4)coc23)cc1. The van der Waals surface area contributed by atoms with E-state index < -0.39 is 0 Å². The Labute approximate surface area is 213 Å². The highest BCUT2D eigenvalue weighted by molar-refractivity contribution is 6.07. The van der Waals surface area contributed by atoms with Crippen LogP contribution in [0.2, 0.25) is 0 Å². The molecule has 0 radical (unpaired) electrons. The number of urea groups is 1. The molecule has 0 aliphatic heterocycles. The molecular formula is C29H25N5O3. The predicted octanol–water partition coefficient (Wildman–Crippen LogP) is 6.65. The van der Waals surface area contributed by atoms with E-state index in [4.69, 9.17) is 10.2 Å². The highest BCUT2D eigenvalue weighted by Gasteiger charge is 2.17. The molecule has 2 aromatic heterocycles. The molecule has 37 heavy (non-hydrogen) atoms. The van der Waals surface area contributed by atoms with Gasteiger partial charge in [0.15, 0.2) is 0 Å². The van der Waals surface area contributed by atoms with Gasteiger partial charge in [-0.3, -0.25) is 4.79 Å². The molecule has 8 heteroatoms. The molecule has 5 N–H and O–H groups in total. The number of furan rings is 1. The van der Waals surface area contributed by atoms with Crippen LogP contribution in [0, 0.1) is 6.92 Å². The van der Waals surface area contributed by atoms with Crippen molar-refractivity contribution >= 4 is 45.8 Å². The largest absolute Gasteiger partial charge is 0.463 e. The number of nitrogens with zero attached hydrogens (tertiary/aromatic N) is 1. The van der Waals surface area contributed by atoms with Gasteiger partial charge in [-0.15, -0.1) is 0 Å². The van der Waals surface area contributed by atoms with Crippen LogP contribution in [0.5, 0.6) is 0 Å². The fraction of sp³-hybridized carbons (Fsp3) is 0.0690. The monoisotopic (exact) mass is 491 g/mol. The topological polar surface area (TPSA) is 122 Å². The number of anilines is 4. The number of rotatable bonds is 5. The maximum atomic E-state index is 12.4. The molecule has 5 rings (SSSR count). The average molecular weight is 492 g/mol. The molecule has 0 fully saturated rings. The lowest BCUT2D eigenvalue weighted by Crippen LogP contribution is -2.19. The first-order valence-corrected chi connectivity index (χ1v) is 11.7. The van der Waals surface area contributed by atoms with Crippen molar-refractivity contribution in [1.82, 2.24) is 4.98 Å².